The van der Waals surface area contributed by atoms with E-state index >= 15 is 0 Å². The minimum absolute atomic E-state index is 0.148. The summed E-state index contributed by atoms with van der Waals surface area (Å²) in [7, 11) is 0. The molecule has 0 aliphatic rings. The quantitative estimate of drug-likeness (QED) is 0.176. The number of carbonyl (C=O) groups is 1. The van der Waals surface area contributed by atoms with Crippen molar-refractivity contribution in [1.82, 2.24) is 4.90 Å². The second-order valence-electron chi connectivity index (χ2n) is 9.20. The van der Waals surface area contributed by atoms with E-state index in [9.17, 15) is 4.79 Å². The number of rotatable bonds is 14. The Balaban J connectivity index is 5.46. The number of allylic oxidation sites excluding steroid dienone is 2. The Morgan fingerprint density at radius 3 is 1.57 bits per heavy atom. The monoisotopic (exact) mass is 503 g/mol. The average Bonchev–Trinajstić information content (AvgIpc) is 2.60. The van der Waals surface area contributed by atoms with E-state index in [2.05, 4.69) is 33.8 Å². The van der Waals surface area contributed by atoms with Crippen LogP contribution in [0, 0.1) is 0 Å². The summed E-state index contributed by atoms with van der Waals surface area (Å²) in [5, 5.41) is 0. The van der Waals surface area contributed by atoms with Crippen molar-refractivity contribution in [2.75, 3.05) is 0 Å². The number of hydrogen-bond acceptors (Lipinski definition) is 2. The third kappa shape index (κ3) is 9.54. The predicted molar refractivity (Wildman–Crippen MR) is 127 cm³/mol. The van der Waals surface area contributed by atoms with E-state index < -0.39 is 18.4 Å². The molecular formula is C24H49NO2Sn. The van der Waals surface area contributed by atoms with Gasteiger partial charge in [-0.05, 0) is 0 Å². The minimum atomic E-state index is -2.33. The fourth-order valence-electron chi connectivity index (χ4n) is 4.42. The SMILES string of the molecule is CCC[CH2][Sn]([CH2]CCC)([CH2]CCC)[CH](C)/C=C(/C)OC(=O)N(C(C)C)C(C)C. The summed E-state index contributed by atoms with van der Waals surface area (Å²) in [6.45, 7) is 19.5. The molecule has 0 spiro atoms. The van der Waals surface area contributed by atoms with Crippen molar-refractivity contribution in [2.24, 2.45) is 0 Å². The van der Waals surface area contributed by atoms with Crippen molar-refractivity contribution < 1.29 is 9.53 Å². The predicted octanol–water partition coefficient (Wildman–Crippen LogP) is 8.38. The topological polar surface area (TPSA) is 29.5 Å². The van der Waals surface area contributed by atoms with Crippen molar-refractivity contribution in [1.29, 1.82) is 0 Å². The third-order valence-corrected chi connectivity index (χ3v) is 23.6. The molecule has 0 aromatic rings. The van der Waals surface area contributed by atoms with Gasteiger partial charge in [0.25, 0.3) is 0 Å². The van der Waals surface area contributed by atoms with Gasteiger partial charge < -0.3 is 0 Å². The Morgan fingerprint density at radius 1 is 0.857 bits per heavy atom. The van der Waals surface area contributed by atoms with E-state index in [0.29, 0.717) is 3.93 Å². The molecule has 0 rings (SSSR count). The van der Waals surface area contributed by atoms with Crippen LogP contribution < -0.4 is 0 Å². The molecule has 0 radical (unpaired) electrons. The molecule has 0 aliphatic heterocycles. The van der Waals surface area contributed by atoms with Crippen LogP contribution in [-0.2, 0) is 4.74 Å². The van der Waals surface area contributed by atoms with Crippen molar-refractivity contribution in [3.8, 4) is 0 Å². The van der Waals surface area contributed by atoms with Gasteiger partial charge in [0.2, 0.25) is 0 Å². The van der Waals surface area contributed by atoms with Crippen LogP contribution in [0.5, 0.6) is 0 Å². The van der Waals surface area contributed by atoms with Crippen LogP contribution in [0.25, 0.3) is 0 Å². The number of ether oxygens (including phenoxy) is 1. The number of carbonyl (C=O) groups excluding carboxylic acids is 1. The van der Waals surface area contributed by atoms with Gasteiger partial charge in [0.15, 0.2) is 0 Å². The van der Waals surface area contributed by atoms with Gasteiger partial charge in [-0.1, -0.05) is 0 Å². The molecular weight excluding hydrogens is 453 g/mol. The van der Waals surface area contributed by atoms with E-state index in [0.717, 1.165) is 5.76 Å². The first-order chi connectivity index (χ1) is 13.1. The number of amides is 1. The van der Waals surface area contributed by atoms with E-state index in [1.54, 1.807) is 0 Å². The normalized spacial score (nSPS) is 13.9. The van der Waals surface area contributed by atoms with Crippen LogP contribution in [0.3, 0.4) is 0 Å². The summed E-state index contributed by atoms with van der Waals surface area (Å²) in [5.41, 5.74) is 0. The molecule has 28 heavy (non-hydrogen) atoms. The second-order valence-corrected chi connectivity index (χ2v) is 23.9. The molecule has 0 aromatic carbocycles. The van der Waals surface area contributed by atoms with Crippen LogP contribution in [0.1, 0.15) is 101 Å². The first-order valence-electron chi connectivity index (χ1n) is 11.8. The Morgan fingerprint density at radius 2 is 1.25 bits per heavy atom. The van der Waals surface area contributed by atoms with Crippen LogP contribution in [0.4, 0.5) is 4.79 Å². The van der Waals surface area contributed by atoms with E-state index in [-0.39, 0.29) is 18.2 Å². The number of unbranched alkanes of at least 4 members (excludes halogenated alkanes) is 3. The first kappa shape index (κ1) is 27.8. The molecule has 0 aromatic heterocycles. The molecule has 1 amide bonds. The fraction of sp³-hybridized carbons (Fsp3) is 0.875. The maximum absolute atomic E-state index is 12.7. The van der Waals surface area contributed by atoms with Crippen LogP contribution >= 0.6 is 0 Å². The van der Waals surface area contributed by atoms with E-state index in [1.807, 2.05) is 39.5 Å². The summed E-state index contributed by atoms with van der Waals surface area (Å²) in [5.74, 6) is 0.800. The van der Waals surface area contributed by atoms with Gasteiger partial charge in [-0.25, -0.2) is 0 Å². The molecule has 4 heteroatoms. The number of nitrogens with zero attached hydrogens (tertiary/aromatic N) is 1. The zero-order valence-electron chi connectivity index (χ0n) is 20.4. The molecule has 166 valence electrons. The summed E-state index contributed by atoms with van der Waals surface area (Å²) in [6.07, 6.45) is 10.1. The van der Waals surface area contributed by atoms with Gasteiger partial charge in [0.05, 0.1) is 0 Å². The summed E-state index contributed by atoms with van der Waals surface area (Å²) in [4.78, 5) is 14.5. The molecule has 0 bridgehead atoms. The molecule has 0 fully saturated rings. The Hall–Kier alpha value is -0.191. The van der Waals surface area contributed by atoms with E-state index in [4.69, 9.17) is 4.74 Å². The second kappa shape index (κ2) is 14.7. The Kier molecular flexibility index (Phi) is 14.6. The Bertz CT molecular complexity index is 430. The van der Waals surface area contributed by atoms with Gasteiger partial charge in [0, 0.05) is 0 Å². The van der Waals surface area contributed by atoms with Gasteiger partial charge in [0.1, 0.15) is 0 Å². The van der Waals surface area contributed by atoms with Crippen LogP contribution in [-0.4, -0.2) is 41.5 Å². The van der Waals surface area contributed by atoms with Crippen molar-refractivity contribution in [2.45, 2.75) is 130 Å². The fourth-order valence-corrected chi connectivity index (χ4v) is 21.2. The zero-order chi connectivity index (χ0) is 21.7. The Labute approximate surface area is 180 Å². The van der Waals surface area contributed by atoms with Gasteiger partial charge in [-0.3, -0.25) is 0 Å². The molecule has 1 atom stereocenters. The average molecular weight is 502 g/mol. The first-order valence-corrected chi connectivity index (χ1v) is 19.5. The van der Waals surface area contributed by atoms with Crippen molar-refractivity contribution in [3.05, 3.63) is 11.8 Å². The summed E-state index contributed by atoms with van der Waals surface area (Å²) < 4.78 is 10.9. The standard InChI is InChI=1S/C12H22NO2.3C4H9.Sn/c1-7-8-11(6)15-12(14)13(9(2)3)10(4)5;3*1-3-4-2;/h7-10H,1-6H3;3*1,3-4H2,2H3;/b11-8-;;;;. The maximum atomic E-state index is 12.7. The van der Waals surface area contributed by atoms with Crippen molar-refractivity contribution in [3.63, 3.8) is 0 Å². The molecule has 0 N–H and O–H groups in total. The molecule has 3 nitrogen and oxygen atoms in total. The van der Waals surface area contributed by atoms with Gasteiger partial charge in [-0.15, -0.1) is 0 Å². The molecule has 0 aliphatic carbocycles. The van der Waals surface area contributed by atoms with Crippen LogP contribution in [0.2, 0.25) is 17.2 Å². The number of hydrogen-bond donors (Lipinski definition) is 0. The molecule has 0 heterocycles. The third-order valence-electron chi connectivity index (χ3n) is 6.11. The van der Waals surface area contributed by atoms with Gasteiger partial charge in [-0.2, -0.15) is 0 Å². The summed E-state index contributed by atoms with van der Waals surface area (Å²) in [6, 6.07) is 0.296. The van der Waals surface area contributed by atoms with Gasteiger partial charge >= 0.3 is 181 Å². The zero-order valence-corrected chi connectivity index (χ0v) is 23.3. The molecule has 0 saturated carbocycles. The molecule has 0 saturated heterocycles. The summed E-state index contributed by atoms with van der Waals surface area (Å²) >= 11 is -2.33. The van der Waals surface area contributed by atoms with Crippen molar-refractivity contribution >= 4 is 24.5 Å². The van der Waals surface area contributed by atoms with Crippen LogP contribution in [0.15, 0.2) is 11.8 Å². The van der Waals surface area contributed by atoms with E-state index in [1.165, 1.54) is 51.8 Å². The molecule has 1 unspecified atom stereocenters.